The first kappa shape index (κ1) is 20.9. The van der Waals surface area contributed by atoms with Crippen LogP contribution in [-0.4, -0.2) is 50.4 Å². The molecule has 0 spiro atoms. The highest BCUT2D eigenvalue weighted by atomic mass is 32.2. The van der Waals surface area contributed by atoms with Crippen molar-refractivity contribution in [1.29, 1.82) is 0 Å². The smallest absolute Gasteiger partial charge is 0.191 e. The molecule has 146 valence electrons. The van der Waals surface area contributed by atoms with Gasteiger partial charge in [-0.3, -0.25) is 0 Å². The Morgan fingerprint density at radius 2 is 2.27 bits per heavy atom. The Hall–Kier alpha value is -1.40. The molecule has 0 amide bonds. The number of benzene rings is 1. The molecule has 2 N–H and O–H groups in total. The summed E-state index contributed by atoms with van der Waals surface area (Å²) in [5.74, 6) is 2.94. The zero-order valence-corrected chi connectivity index (χ0v) is 17.2. The number of ether oxygens (including phenoxy) is 2. The summed E-state index contributed by atoms with van der Waals surface area (Å²) >= 11 is 1.87. The van der Waals surface area contributed by atoms with E-state index < -0.39 is 0 Å². The second-order valence-corrected chi connectivity index (χ2v) is 7.51. The van der Waals surface area contributed by atoms with Crippen LogP contribution in [0, 0.1) is 6.92 Å². The van der Waals surface area contributed by atoms with Crippen molar-refractivity contribution < 1.29 is 9.47 Å². The third-order valence-electron chi connectivity index (χ3n) is 4.24. The van der Waals surface area contributed by atoms with Crippen LogP contribution in [-0.2, 0) is 11.3 Å². The third kappa shape index (κ3) is 7.46. The van der Waals surface area contributed by atoms with Crippen LogP contribution in [0.3, 0.4) is 0 Å². The van der Waals surface area contributed by atoms with E-state index in [1.54, 1.807) is 0 Å². The summed E-state index contributed by atoms with van der Waals surface area (Å²) in [4.78, 5) is 4.73. The molecule has 1 unspecified atom stereocenters. The predicted octanol–water partition coefficient (Wildman–Crippen LogP) is 3.36. The van der Waals surface area contributed by atoms with Crippen LogP contribution >= 0.6 is 11.8 Å². The van der Waals surface area contributed by atoms with E-state index >= 15 is 0 Å². The zero-order chi connectivity index (χ0) is 18.6. The van der Waals surface area contributed by atoms with Crippen molar-refractivity contribution in [2.24, 2.45) is 4.99 Å². The first-order valence-electron chi connectivity index (χ1n) is 9.58. The highest BCUT2D eigenvalue weighted by Crippen LogP contribution is 2.23. The molecule has 1 aliphatic rings. The summed E-state index contributed by atoms with van der Waals surface area (Å²) in [6, 6.07) is 6.32. The summed E-state index contributed by atoms with van der Waals surface area (Å²) < 4.78 is 11.7. The number of nitrogens with zero attached hydrogens (tertiary/aromatic N) is 1. The number of hydrogen-bond donors (Lipinski definition) is 2. The van der Waals surface area contributed by atoms with E-state index in [-0.39, 0.29) is 6.10 Å². The molecule has 1 aliphatic heterocycles. The Balaban J connectivity index is 1.96. The van der Waals surface area contributed by atoms with E-state index in [2.05, 4.69) is 48.9 Å². The van der Waals surface area contributed by atoms with Gasteiger partial charge >= 0.3 is 0 Å². The number of nitrogens with one attached hydrogen (secondary N) is 2. The normalized spacial score (nSPS) is 17.3. The van der Waals surface area contributed by atoms with Crippen molar-refractivity contribution >= 4 is 17.7 Å². The second kappa shape index (κ2) is 12.1. The minimum atomic E-state index is 0.224. The van der Waals surface area contributed by atoms with Gasteiger partial charge in [-0.05, 0) is 56.7 Å². The van der Waals surface area contributed by atoms with Crippen molar-refractivity contribution in [1.82, 2.24) is 10.6 Å². The van der Waals surface area contributed by atoms with Crippen LogP contribution in [0.1, 0.15) is 37.3 Å². The molecule has 1 fully saturated rings. The summed E-state index contributed by atoms with van der Waals surface area (Å²) in [6.07, 6.45) is 5.71. The first-order chi connectivity index (χ1) is 12.7. The first-order valence-corrected chi connectivity index (χ1v) is 11.0. The molecule has 26 heavy (non-hydrogen) atoms. The average molecular weight is 380 g/mol. The fourth-order valence-corrected chi connectivity index (χ4v) is 3.25. The highest BCUT2D eigenvalue weighted by Gasteiger charge is 2.16. The van der Waals surface area contributed by atoms with Crippen LogP contribution < -0.4 is 15.4 Å². The number of hydrogen-bond acceptors (Lipinski definition) is 4. The summed E-state index contributed by atoms with van der Waals surface area (Å²) in [7, 11) is 0. The molecule has 1 saturated heterocycles. The van der Waals surface area contributed by atoms with E-state index in [4.69, 9.17) is 14.5 Å². The molecule has 0 radical (unpaired) electrons. The van der Waals surface area contributed by atoms with Gasteiger partial charge < -0.3 is 20.1 Å². The topological polar surface area (TPSA) is 54.9 Å². The second-order valence-electron chi connectivity index (χ2n) is 6.53. The van der Waals surface area contributed by atoms with Gasteiger partial charge in [-0.25, -0.2) is 4.99 Å². The molecule has 1 atom stereocenters. The predicted molar refractivity (Wildman–Crippen MR) is 111 cm³/mol. The van der Waals surface area contributed by atoms with Crippen molar-refractivity contribution in [3.05, 3.63) is 29.3 Å². The largest absolute Gasteiger partial charge is 0.491 e. The minimum absolute atomic E-state index is 0.224. The molecule has 0 aromatic heterocycles. The summed E-state index contributed by atoms with van der Waals surface area (Å²) in [5.41, 5.74) is 2.30. The lowest BCUT2D eigenvalue weighted by Gasteiger charge is -2.15. The van der Waals surface area contributed by atoms with Crippen molar-refractivity contribution in [2.45, 2.75) is 45.8 Å². The lowest BCUT2D eigenvalue weighted by atomic mass is 10.1. The van der Waals surface area contributed by atoms with E-state index in [1.165, 1.54) is 5.56 Å². The SMILES string of the molecule is CCNC(=NCc1ccc(C)cc1OCC1CCCO1)NCCCSC. The molecule has 0 saturated carbocycles. The Bertz CT molecular complexity index is 560. The van der Waals surface area contributed by atoms with Crippen LogP contribution in [0.5, 0.6) is 5.75 Å². The quantitative estimate of drug-likeness (QED) is 0.371. The molecular weight excluding hydrogens is 346 g/mol. The maximum Gasteiger partial charge on any atom is 0.191 e. The third-order valence-corrected chi connectivity index (χ3v) is 4.94. The van der Waals surface area contributed by atoms with Gasteiger partial charge in [-0.15, -0.1) is 0 Å². The van der Waals surface area contributed by atoms with Crippen LogP contribution in [0.2, 0.25) is 0 Å². The fraction of sp³-hybridized carbons (Fsp3) is 0.650. The van der Waals surface area contributed by atoms with Crippen LogP contribution in [0.15, 0.2) is 23.2 Å². The molecule has 2 rings (SSSR count). The van der Waals surface area contributed by atoms with Gasteiger partial charge in [0, 0.05) is 25.3 Å². The minimum Gasteiger partial charge on any atom is -0.491 e. The number of rotatable bonds is 10. The molecule has 6 heteroatoms. The molecule has 1 aromatic rings. The Kier molecular flexibility index (Phi) is 9.71. The molecule has 1 aromatic carbocycles. The number of aryl methyl sites for hydroxylation is 1. The van der Waals surface area contributed by atoms with Gasteiger partial charge in [-0.2, -0.15) is 11.8 Å². The maximum absolute atomic E-state index is 6.07. The van der Waals surface area contributed by atoms with Crippen LogP contribution in [0.4, 0.5) is 0 Å². The van der Waals surface area contributed by atoms with Crippen molar-refractivity contribution in [3.8, 4) is 5.75 Å². The van der Waals surface area contributed by atoms with Crippen LogP contribution in [0.25, 0.3) is 0 Å². The number of aliphatic imine (C=N–C) groups is 1. The Morgan fingerprint density at radius 1 is 1.38 bits per heavy atom. The fourth-order valence-electron chi connectivity index (χ4n) is 2.81. The molecule has 5 nitrogen and oxygen atoms in total. The van der Waals surface area contributed by atoms with Gasteiger partial charge in [0.05, 0.1) is 12.6 Å². The van der Waals surface area contributed by atoms with Gasteiger partial charge in [0.25, 0.3) is 0 Å². The van der Waals surface area contributed by atoms with Gasteiger partial charge in [0.2, 0.25) is 0 Å². The Labute approximate surface area is 162 Å². The maximum atomic E-state index is 6.07. The summed E-state index contributed by atoms with van der Waals surface area (Å²) in [5, 5.41) is 6.71. The van der Waals surface area contributed by atoms with Crippen molar-refractivity contribution in [3.63, 3.8) is 0 Å². The van der Waals surface area contributed by atoms with Gasteiger partial charge in [0.15, 0.2) is 5.96 Å². The standard InChI is InChI=1S/C20H33N3O2S/c1-4-21-20(22-10-6-12-26-3)23-14-17-9-8-16(2)13-19(17)25-15-18-7-5-11-24-18/h8-9,13,18H,4-7,10-12,14-15H2,1-3H3,(H2,21,22,23). The van der Waals surface area contributed by atoms with Gasteiger partial charge in [0.1, 0.15) is 12.4 Å². The molecular formula is C20H33N3O2S. The summed E-state index contributed by atoms with van der Waals surface area (Å²) in [6.45, 7) is 8.03. The monoisotopic (exact) mass is 379 g/mol. The molecule has 0 bridgehead atoms. The van der Waals surface area contributed by atoms with Gasteiger partial charge in [-0.1, -0.05) is 12.1 Å². The van der Waals surface area contributed by atoms with E-state index in [1.807, 2.05) is 11.8 Å². The lowest BCUT2D eigenvalue weighted by Crippen LogP contribution is -2.37. The van der Waals surface area contributed by atoms with Crippen molar-refractivity contribution in [2.75, 3.05) is 38.3 Å². The number of guanidine groups is 1. The van der Waals surface area contributed by atoms with E-state index in [0.29, 0.717) is 13.2 Å². The number of thioether (sulfide) groups is 1. The van der Waals surface area contributed by atoms with E-state index in [9.17, 15) is 0 Å². The Morgan fingerprint density at radius 3 is 3.00 bits per heavy atom. The van der Waals surface area contributed by atoms with E-state index in [0.717, 1.165) is 62.0 Å². The molecule has 1 heterocycles. The zero-order valence-electron chi connectivity index (χ0n) is 16.3. The molecule has 0 aliphatic carbocycles. The average Bonchev–Trinajstić information content (AvgIpc) is 3.16. The highest BCUT2D eigenvalue weighted by molar-refractivity contribution is 7.98. The lowest BCUT2D eigenvalue weighted by molar-refractivity contribution is 0.0676.